The molecule has 0 unspecified atom stereocenters. The summed E-state index contributed by atoms with van der Waals surface area (Å²) in [6.07, 6.45) is 3.18. The summed E-state index contributed by atoms with van der Waals surface area (Å²) in [6, 6.07) is 12.5. The first-order valence-electron chi connectivity index (χ1n) is 8.67. The number of piperidine rings is 1. The maximum absolute atomic E-state index is 12.9. The second-order valence-electron chi connectivity index (χ2n) is 6.68. The predicted molar refractivity (Wildman–Crippen MR) is 108 cm³/mol. The maximum atomic E-state index is 12.9. The smallest absolute Gasteiger partial charge is 0.206 e. The average Bonchev–Trinajstić information content (AvgIpc) is 3.05. The van der Waals surface area contributed by atoms with Gasteiger partial charge in [0.1, 0.15) is 0 Å². The number of rotatable bonds is 3. The van der Waals surface area contributed by atoms with Crippen molar-refractivity contribution in [2.24, 2.45) is 0 Å². The average molecular weight is 413 g/mol. The first-order valence-corrected chi connectivity index (χ1v) is 10.5. The van der Waals surface area contributed by atoms with Crippen LogP contribution < -0.4 is 10.2 Å². The number of anilines is 1. The predicted octanol–water partition coefficient (Wildman–Crippen LogP) is 3.71. The zero-order valence-electron chi connectivity index (χ0n) is 14.3. The van der Waals surface area contributed by atoms with Gasteiger partial charge in [-0.05, 0) is 74.3 Å². The molecule has 2 aromatic rings. The van der Waals surface area contributed by atoms with E-state index in [1.807, 2.05) is 12.1 Å². The molecule has 0 atom stereocenters. The number of halogens is 2. The molecule has 2 heterocycles. The van der Waals surface area contributed by atoms with Gasteiger partial charge in [-0.1, -0.05) is 17.7 Å². The molecule has 1 N–H and O–H groups in total. The third-order valence-corrected chi connectivity index (χ3v) is 7.13. The summed E-state index contributed by atoms with van der Waals surface area (Å²) >= 11 is 5.96. The number of sulfone groups is 1. The minimum absolute atomic E-state index is 0. The molecule has 2 aliphatic rings. The van der Waals surface area contributed by atoms with Crippen molar-refractivity contribution in [2.45, 2.75) is 35.1 Å². The van der Waals surface area contributed by atoms with Crippen LogP contribution in [0, 0.1) is 0 Å². The third-order valence-electron chi connectivity index (χ3n) is 5.15. The Morgan fingerprint density at radius 2 is 1.77 bits per heavy atom. The SMILES string of the molecule is Cl.O=S(=O)(c1cccc(Cl)c1)c1ccc2c(c1)CCN2C1CCNCC1. The zero-order chi connectivity index (χ0) is 17.4. The van der Waals surface area contributed by atoms with E-state index >= 15 is 0 Å². The Morgan fingerprint density at radius 1 is 1.04 bits per heavy atom. The number of fused-ring (bicyclic) bond motifs is 1. The monoisotopic (exact) mass is 412 g/mol. The van der Waals surface area contributed by atoms with Crippen LogP contribution >= 0.6 is 24.0 Å². The molecular formula is C19H22Cl2N2O2S. The van der Waals surface area contributed by atoms with Crippen LogP contribution in [0.25, 0.3) is 0 Å². The molecule has 0 spiro atoms. The molecule has 2 aliphatic heterocycles. The molecule has 7 heteroatoms. The number of hydrogen-bond donors (Lipinski definition) is 1. The molecule has 0 aromatic heterocycles. The second kappa shape index (κ2) is 7.77. The minimum Gasteiger partial charge on any atom is -0.368 e. The van der Waals surface area contributed by atoms with E-state index in [-0.39, 0.29) is 17.3 Å². The Kier molecular flexibility index (Phi) is 5.82. The van der Waals surface area contributed by atoms with Crippen LogP contribution in [-0.4, -0.2) is 34.1 Å². The fourth-order valence-corrected chi connectivity index (χ4v) is 5.45. The summed E-state index contributed by atoms with van der Waals surface area (Å²) in [5.41, 5.74) is 2.32. The molecule has 140 valence electrons. The van der Waals surface area contributed by atoms with Crippen LogP contribution in [0.5, 0.6) is 0 Å². The van der Waals surface area contributed by atoms with E-state index in [1.54, 1.807) is 24.3 Å². The van der Waals surface area contributed by atoms with Crippen LogP contribution in [0.3, 0.4) is 0 Å². The fraction of sp³-hybridized carbons (Fsp3) is 0.368. The van der Waals surface area contributed by atoms with E-state index in [4.69, 9.17) is 11.6 Å². The highest BCUT2D eigenvalue weighted by Crippen LogP contribution is 2.35. The highest BCUT2D eigenvalue weighted by molar-refractivity contribution is 7.91. The van der Waals surface area contributed by atoms with Crippen molar-refractivity contribution < 1.29 is 8.42 Å². The Morgan fingerprint density at radius 3 is 2.50 bits per heavy atom. The summed E-state index contributed by atoms with van der Waals surface area (Å²) < 4.78 is 25.8. The van der Waals surface area contributed by atoms with Crippen molar-refractivity contribution >= 4 is 39.5 Å². The van der Waals surface area contributed by atoms with Gasteiger partial charge in [0.15, 0.2) is 0 Å². The lowest BCUT2D eigenvalue weighted by Crippen LogP contribution is -2.42. The Balaban J connectivity index is 0.00000196. The van der Waals surface area contributed by atoms with E-state index < -0.39 is 9.84 Å². The largest absolute Gasteiger partial charge is 0.368 e. The van der Waals surface area contributed by atoms with E-state index in [2.05, 4.69) is 10.2 Å². The zero-order valence-corrected chi connectivity index (χ0v) is 16.7. The first-order chi connectivity index (χ1) is 12.1. The van der Waals surface area contributed by atoms with Gasteiger partial charge in [0, 0.05) is 23.3 Å². The normalized spacial score (nSPS) is 17.7. The van der Waals surface area contributed by atoms with E-state index in [1.165, 1.54) is 11.8 Å². The molecule has 26 heavy (non-hydrogen) atoms. The van der Waals surface area contributed by atoms with E-state index in [0.717, 1.165) is 44.5 Å². The molecule has 0 saturated carbocycles. The minimum atomic E-state index is -3.54. The van der Waals surface area contributed by atoms with Gasteiger partial charge >= 0.3 is 0 Å². The summed E-state index contributed by atoms with van der Waals surface area (Å²) in [7, 11) is -3.54. The molecule has 2 aromatic carbocycles. The third kappa shape index (κ3) is 3.58. The van der Waals surface area contributed by atoms with Crippen LogP contribution in [0.2, 0.25) is 5.02 Å². The van der Waals surface area contributed by atoms with Crippen molar-refractivity contribution in [1.82, 2.24) is 5.32 Å². The number of nitrogens with zero attached hydrogens (tertiary/aromatic N) is 1. The Hall–Kier alpha value is -1.27. The van der Waals surface area contributed by atoms with Crippen molar-refractivity contribution in [3.63, 3.8) is 0 Å². The van der Waals surface area contributed by atoms with Crippen LogP contribution in [0.15, 0.2) is 52.3 Å². The van der Waals surface area contributed by atoms with Crippen LogP contribution in [0.4, 0.5) is 5.69 Å². The van der Waals surface area contributed by atoms with Crippen molar-refractivity contribution in [3.8, 4) is 0 Å². The second-order valence-corrected chi connectivity index (χ2v) is 9.06. The summed E-state index contributed by atoms with van der Waals surface area (Å²) in [5.74, 6) is 0. The molecule has 4 nitrogen and oxygen atoms in total. The number of nitrogens with one attached hydrogen (secondary N) is 1. The van der Waals surface area contributed by atoms with Gasteiger partial charge in [-0.2, -0.15) is 0 Å². The van der Waals surface area contributed by atoms with Gasteiger partial charge in [0.25, 0.3) is 0 Å². The lowest BCUT2D eigenvalue weighted by Gasteiger charge is -2.33. The molecule has 0 amide bonds. The molecule has 4 rings (SSSR count). The Labute approximate surface area is 165 Å². The summed E-state index contributed by atoms with van der Waals surface area (Å²) in [5, 5.41) is 3.83. The van der Waals surface area contributed by atoms with Crippen LogP contribution in [0.1, 0.15) is 18.4 Å². The number of benzene rings is 2. The molecule has 1 saturated heterocycles. The van der Waals surface area contributed by atoms with Crippen molar-refractivity contribution in [2.75, 3.05) is 24.5 Å². The van der Waals surface area contributed by atoms with Gasteiger partial charge in [-0.15, -0.1) is 12.4 Å². The fourth-order valence-electron chi connectivity index (χ4n) is 3.84. The van der Waals surface area contributed by atoms with Gasteiger partial charge in [-0.25, -0.2) is 8.42 Å². The summed E-state index contributed by atoms with van der Waals surface area (Å²) in [4.78, 5) is 3.04. The van der Waals surface area contributed by atoms with Gasteiger partial charge in [0.2, 0.25) is 9.84 Å². The van der Waals surface area contributed by atoms with Gasteiger partial charge in [0.05, 0.1) is 9.79 Å². The van der Waals surface area contributed by atoms with E-state index in [9.17, 15) is 8.42 Å². The van der Waals surface area contributed by atoms with Gasteiger partial charge < -0.3 is 10.2 Å². The lowest BCUT2D eigenvalue weighted by molar-refractivity contribution is 0.435. The molecular weight excluding hydrogens is 391 g/mol. The molecule has 0 radical (unpaired) electrons. The summed E-state index contributed by atoms with van der Waals surface area (Å²) in [6.45, 7) is 3.08. The lowest BCUT2D eigenvalue weighted by atomic mass is 10.0. The molecule has 0 bridgehead atoms. The topological polar surface area (TPSA) is 49.4 Å². The Bertz CT molecular complexity index is 896. The van der Waals surface area contributed by atoms with Gasteiger partial charge in [-0.3, -0.25) is 0 Å². The van der Waals surface area contributed by atoms with E-state index in [0.29, 0.717) is 16.0 Å². The van der Waals surface area contributed by atoms with Crippen molar-refractivity contribution in [1.29, 1.82) is 0 Å². The highest BCUT2D eigenvalue weighted by atomic mass is 35.5. The maximum Gasteiger partial charge on any atom is 0.206 e. The first kappa shape index (κ1) is 19.5. The quantitative estimate of drug-likeness (QED) is 0.834. The molecule has 0 aliphatic carbocycles. The van der Waals surface area contributed by atoms with Crippen molar-refractivity contribution in [3.05, 3.63) is 53.1 Å². The molecule has 1 fully saturated rings. The van der Waals surface area contributed by atoms with Crippen LogP contribution in [-0.2, 0) is 16.3 Å². The highest BCUT2D eigenvalue weighted by Gasteiger charge is 2.29. The number of hydrogen-bond acceptors (Lipinski definition) is 4. The standard InChI is InChI=1S/C19H21ClN2O2S.ClH/c20-15-2-1-3-17(13-15)25(23,24)18-4-5-19-14(12-18)8-11-22(19)16-6-9-21-10-7-16;/h1-5,12-13,16,21H,6-11H2;1H.